The van der Waals surface area contributed by atoms with Gasteiger partial charge in [0.25, 0.3) is 0 Å². The van der Waals surface area contributed by atoms with Gasteiger partial charge in [-0.1, -0.05) is 32.4 Å². The van der Waals surface area contributed by atoms with Crippen LogP contribution in [0.15, 0.2) is 0 Å². The Bertz CT molecular complexity index is 433. The summed E-state index contributed by atoms with van der Waals surface area (Å²) < 4.78 is 0. The molecule has 1 rings (SSSR count). The van der Waals surface area contributed by atoms with Crippen LogP contribution in [0.1, 0.15) is 51.9 Å². The third kappa shape index (κ3) is 5.79. The fraction of sp³-hybridized carbons (Fsp3) is 0.750. The number of halogens is 1. The third-order valence-corrected chi connectivity index (χ3v) is 4.21. The van der Waals surface area contributed by atoms with E-state index in [0.717, 1.165) is 49.7 Å². The molecule has 0 saturated carbocycles. The number of aromatic nitrogens is 2. The molecule has 21 heavy (non-hydrogen) atoms. The van der Waals surface area contributed by atoms with Crippen LogP contribution in [-0.4, -0.2) is 40.5 Å². The normalized spacial score (nSPS) is 12.7. The number of nitrogens with one attached hydrogen (secondary N) is 1. The Morgan fingerprint density at radius 2 is 1.86 bits per heavy atom. The van der Waals surface area contributed by atoms with Crippen LogP contribution in [0.3, 0.4) is 0 Å². The van der Waals surface area contributed by atoms with E-state index in [0.29, 0.717) is 11.2 Å². The molecule has 0 spiro atoms. The first-order valence-electron chi connectivity index (χ1n) is 8.03. The zero-order valence-corrected chi connectivity index (χ0v) is 14.8. The molecule has 1 aromatic rings. The minimum atomic E-state index is 0.384. The SMILES string of the molecule is CCc1nc(Cl)c(C)c(NC(C)CCCN(CC)CC)n1. The van der Waals surface area contributed by atoms with Gasteiger partial charge in [0.15, 0.2) is 0 Å². The smallest absolute Gasteiger partial charge is 0.137 e. The topological polar surface area (TPSA) is 41.1 Å². The van der Waals surface area contributed by atoms with E-state index in [2.05, 4.69) is 41.0 Å². The van der Waals surface area contributed by atoms with Crippen LogP contribution in [0.4, 0.5) is 5.82 Å². The van der Waals surface area contributed by atoms with Crippen molar-refractivity contribution < 1.29 is 0 Å². The minimum Gasteiger partial charge on any atom is -0.367 e. The molecule has 0 amide bonds. The van der Waals surface area contributed by atoms with Gasteiger partial charge in [0.2, 0.25) is 0 Å². The average Bonchev–Trinajstić information content (AvgIpc) is 2.48. The van der Waals surface area contributed by atoms with Gasteiger partial charge in [-0.3, -0.25) is 0 Å². The van der Waals surface area contributed by atoms with Crippen molar-refractivity contribution in [2.45, 2.75) is 59.9 Å². The van der Waals surface area contributed by atoms with Gasteiger partial charge in [-0.2, -0.15) is 0 Å². The lowest BCUT2D eigenvalue weighted by Crippen LogP contribution is -2.26. The summed E-state index contributed by atoms with van der Waals surface area (Å²) in [4.78, 5) is 11.3. The first-order chi connectivity index (χ1) is 10.0. The number of hydrogen-bond acceptors (Lipinski definition) is 4. The predicted molar refractivity (Wildman–Crippen MR) is 91.3 cm³/mol. The van der Waals surface area contributed by atoms with Crippen molar-refractivity contribution >= 4 is 17.4 Å². The highest BCUT2D eigenvalue weighted by Crippen LogP contribution is 2.21. The molecule has 1 aromatic heterocycles. The number of rotatable bonds is 9. The molecule has 0 aliphatic carbocycles. The van der Waals surface area contributed by atoms with Gasteiger partial charge in [0, 0.05) is 18.0 Å². The second-order valence-electron chi connectivity index (χ2n) is 5.47. The Kier molecular flexibility index (Phi) is 7.97. The fourth-order valence-corrected chi connectivity index (χ4v) is 2.48. The summed E-state index contributed by atoms with van der Waals surface area (Å²) in [6, 6.07) is 0.384. The molecule has 1 heterocycles. The van der Waals surface area contributed by atoms with Gasteiger partial charge >= 0.3 is 0 Å². The molecule has 0 aromatic carbocycles. The molecule has 0 aliphatic heterocycles. The first-order valence-corrected chi connectivity index (χ1v) is 8.41. The first kappa shape index (κ1) is 18.2. The van der Waals surface area contributed by atoms with Crippen molar-refractivity contribution in [2.75, 3.05) is 25.0 Å². The van der Waals surface area contributed by atoms with Crippen LogP contribution >= 0.6 is 11.6 Å². The Morgan fingerprint density at radius 3 is 2.43 bits per heavy atom. The van der Waals surface area contributed by atoms with E-state index in [-0.39, 0.29) is 0 Å². The molecule has 4 nitrogen and oxygen atoms in total. The van der Waals surface area contributed by atoms with Crippen molar-refractivity contribution in [3.05, 3.63) is 16.5 Å². The Hall–Kier alpha value is -0.870. The molecule has 1 N–H and O–H groups in total. The second kappa shape index (κ2) is 9.21. The summed E-state index contributed by atoms with van der Waals surface area (Å²) >= 11 is 6.17. The average molecular weight is 313 g/mol. The zero-order chi connectivity index (χ0) is 15.8. The molecular weight excluding hydrogens is 284 g/mol. The summed E-state index contributed by atoms with van der Waals surface area (Å²) in [5, 5.41) is 4.04. The van der Waals surface area contributed by atoms with E-state index in [1.807, 2.05) is 13.8 Å². The summed E-state index contributed by atoms with van der Waals surface area (Å²) in [5.74, 6) is 1.67. The maximum absolute atomic E-state index is 6.17. The van der Waals surface area contributed by atoms with E-state index in [1.165, 1.54) is 6.42 Å². The fourth-order valence-electron chi connectivity index (χ4n) is 2.30. The van der Waals surface area contributed by atoms with Crippen LogP contribution in [0.25, 0.3) is 0 Å². The highest BCUT2D eigenvalue weighted by molar-refractivity contribution is 6.30. The molecule has 0 saturated heterocycles. The zero-order valence-electron chi connectivity index (χ0n) is 14.0. The van der Waals surface area contributed by atoms with E-state index >= 15 is 0 Å². The summed E-state index contributed by atoms with van der Waals surface area (Å²) in [6.45, 7) is 14.0. The van der Waals surface area contributed by atoms with Crippen LogP contribution < -0.4 is 5.32 Å². The van der Waals surface area contributed by atoms with Crippen LogP contribution in [0, 0.1) is 6.92 Å². The molecular formula is C16H29ClN4. The van der Waals surface area contributed by atoms with E-state index < -0.39 is 0 Å². The maximum atomic E-state index is 6.17. The Labute approximate surface area is 134 Å². The van der Waals surface area contributed by atoms with Crippen molar-refractivity contribution in [3.8, 4) is 0 Å². The Morgan fingerprint density at radius 1 is 1.19 bits per heavy atom. The molecule has 5 heteroatoms. The highest BCUT2D eigenvalue weighted by Gasteiger charge is 2.11. The van der Waals surface area contributed by atoms with Gasteiger partial charge < -0.3 is 10.2 Å². The Balaban J connectivity index is 2.54. The number of nitrogens with zero attached hydrogens (tertiary/aromatic N) is 3. The van der Waals surface area contributed by atoms with Crippen molar-refractivity contribution in [1.29, 1.82) is 0 Å². The van der Waals surface area contributed by atoms with Crippen LogP contribution in [-0.2, 0) is 6.42 Å². The molecule has 120 valence electrons. The molecule has 0 bridgehead atoms. The quantitative estimate of drug-likeness (QED) is 0.702. The van der Waals surface area contributed by atoms with Gasteiger partial charge in [-0.15, -0.1) is 0 Å². The third-order valence-electron chi connectivity index (χ3n) is 3.84. The van der Waals surface area contributed by atoms with Gasteiger partial charge in [0.1, 0.15) is 16.8 Å². The maximum Gasteiger partial charge on any atom is 0.137 e. The number of aryl methyl sites for hydroxylation is 1. The van der Waals surface area contributed by atoms with Crippen LogP contribution in [0.2, 0.25) is 5.15 Å². The lowest BCUT2D eigenvalue weighted by molar-refractivity contribution is 0.295. The van der Waals surface area contributed by atoms with Crippen molar-refractivity contribution in [1.82, 2.24) is 14.9 Å². The van der Waals surface area contributed by atoms with Crippen molar-refractivity contribution in [2.24, 2.45) is 0 Å². The molecule has 1 unspecified atom stereocenters. The standard InChI is InChI=1S/C16H29ClN4/c1-6-14-19-15(17)13(5)16(20-14)18-12(4)10-9-11-21(7-2)8-3/h12H,6-11H2,1-5H3,(H,18,19,20). The predicted octanol–water partition coefficient (Wildman–Crippen LogP) is 3.92. The molecule has 0 radical (unpaired) electrons. The summed E-state index contributed by atoms with van der Waals surface area (Å²) in [6.07, 6.45) is 3.11. The lowest BCUT2D eigenvalue weighted by atomic mass is 10.1. The van der Waals surface area contributed by atoms with E-state index in [4.69, 9.17) is 11.6 Å². The summed E-state index contributed by atoms with van der Waals surface area (Å²) in [7, 11) is 0. The van der Waals surface area contributed by atoms with Gasteiger partial charge in [-0.25, -0.2) is 9.97 Å². The monoisotopic (exact) mass is 312 g/mol. The van der Waals surface area contributed by atoms with Gasteiger partial charge in [0.05, 0.1) is 0 Å². The highest BCUT2D eigenvalue weighted by atomic mass is 35.5. The number of hydrogen-bond donors (Lipinski definition) is 1. The summed E-state index contributed by atoms with van der Waals surface area (Å²) in [5.41, 5.74) is 0.935. The van der Waals surface area contributed by atoms with E-state index in [9.17, 15) is 0 Å². The van der Waals surface area contributed by atoms with Crippen molar-refractivity contribution in [3.63, 3.8) is 0 Å². The number of anilines is 1. The lowest BCUT2D eigenvalue weighted by Gasteiger charge is -2.20. The second-order valence-corrected chi connectivity index (χ2v) is 5.83. The largest absolute Gasteiger partial charge is 0.367 e. The molecule has 0 fully saturated rings. The van der Waals surface area contributed by atoms with E-state index in [1.54, 1.807) is 0 Å². The minimum absolute atomic E-state index is 0.384. The van der Waals surface area contributed by atoms with Gasteiger partial charge in [-0.05, 0) is 46.3 Å². The molecule has 1 atom stereocenters. The van der Waals surface area contributed by atoms with Crippen LogP contribution in [0.5, 0.6) is 0 Å². The molecule has 0 aliphatic rings.